The van der Waals surface area contributed by atoms with Crippen LogP contribution in [0.2, 0.25) is 18.1 Å². The van der Waals surface area contributed by atoms with E-state index in [1.54, 1.807) is 0 Å². The Hall–Kier alpha value is 0.877. The Bertz CT molecular complexity index is 252. The number of hydrogen-bond acceptors (Lipinski definition) is 1. The topological polar surface area (TPSA) is 9.23 Å². The van der Waals surface area contributed by atoms with E-state index in [9.17, 15) is 0 Å². The molecule has 1 nitrogen and oxygen atoms in total. The average Bonchev–Trinajstić information content (AvgIpc) is 1.99. The molecule has 2 atom stereocenters. The lowest BCUT2D eigenvalue weighted by Gasteiger charge is -2.39. The van der Waals surface area contributed by atoms with E-state index in [1.807, 2.05) is 0 Å². The van der Waals surface area contributed by atoms with E-state index in [0.717, 1.165) is 3.39 Å². The zero-order valence-corrected chi connectivity index (χ0v) is 15.6. The summed E-state index contributed by atoms with van der Waals surface area (Å²) in [5, 5.41) is 0.274. The van der Waals surface area contributed by atoms with Gasteiger partial charge in [-0.05, 0) is 56.9 Å². The minimum Gasteiger partial charge on any atom is -0.414 e. The number of rotatable bonds is 4. The van der Waals surface area contributed by atoms with Crippen LogP contribution in [0.1, 0.15) is 34.6 Å². The molecule has 0 N–H and O–H groups in total. The van der Waals surface area contributed by atoms with Crippen LogP contribution in [0, 0.1) is 5.92 Å². The predicted molar refractivity (Wildman–Crippen MR) is 82.8 cm³/mol. The fraction of sp³-hybridized carbons (Fsp3) is 0.833. The van der Waals surface area contributed by atoms with Crippen LogP contribution in [0.4, 0.5) is 0 Å². The second-order valence-corrected chi connectivity index (χ2v) is 13.4. The summed E-state index contributed by atoms with van der Waals surface area (Å²) < 4.78 is 7.32. The molecule has 0 aliphatic carbocycles. The highest BCUT2D eigenvalue weighted by molar-refractivity contribution is 9.28. The van der Waals surface area contributed by atoms with Crippen molar-refractivity contribution in [3.63, 3.8) is 0 Å². The van der Waals surface area contributed by atoms with E-state index in [2.05, 4.69) is 85.6 Å². The van der Waals surface area contributed by atoms with Gasteiger partial charge in [0.05, 0.1) is 3.39 Å². The molecule has 0 aliphatic rings. The molecule has 0 heterocycles. The maximum absolute atomic E-state index is 6.32. The van der Waals surface area contributed by atoms with Gasteiger partial charge in [0, 0.05) is 12.0 Å². The van der Waals surface area contributed by atoms with Gasteiger partial charge in [-0.3, -0.25) is 0 Å². The van der Waals surface area contributed by atoms with Gasteiger partial charge in [0.2, 0.25) is 0 Å². The first-order valence-electron chi connectivity index (χ1n) is 5.68. The molecule has 0 saturated carbocycles. The summed E-state index contributed by atoms with van der Waals surface area (Å²) in [6.07, 6.45) is 2.39. The Kier molecular flexibility index (Phi) is 6.50. The number of halogens is 2. The molecular formula is C12H24Br2OSi. The molecule has 0 aliphatic heterocycles. The summed E-state index contributed by atoms with van der Waals surface area (Å²) in [6, 6.07) is 0. The lowest BCUT2D eigenvalue weighted by atomic mass is 10.1. The van der Waals surface area contributed by atoms with Crippen molar-refractivity contribution in [1.29, 1.82) is 0 Å². The normalized spacial score (nSPS) is 16.8. The Morgan fingerprint density at radius 1 is 1.19 bits per heavy atom. The highest BCUT2D eigenvalue weighted by Gasteiger charge is 2.38. The third kappa shape index (κ3) is 5.47. The van der Waals surface area contributed by atoms with E-state index >= 15 is 0 Å². The molecule has 0 radical (unpaired) electrons. The maximum atomic E-state index is 6.32. The van der Waals surface area contributed by atoms with Gasteiger partial charge in [-0.15, -0.1) is 0 Å². The zero-order chi connectivity index (χ0) is 13.1. The molecule has 96 valence electrons. The Labute approximate surface area is 118 Å². The minimum atomic E-state index is -1.64. The molecule has 1 unspecified atom stereocenters. The maximum Gasteiger partial charge on any atom is 0.192 e. The van der Waals surface area contributed by atoms with Crippen molar-refractivity contribution in [2.75, 3.05) is 0 Å². The van der Waals surface area contributed by atoms with Crippen molar-refractivity contribution < 1.29 is 4.43 Å². The third-order valence-corrected chi connectivity index (χ3v) is 8.52. The molecule has 0 aromatic carbocycles. The molecular weight excluding hydrogens is 348 g/mol. The van der Waals surface area contributed by atoms with E-state index in [-0.39, 0.29) is 11.1 Å². The van der Waals surface area contributed by atoms with Gasteiger partial charge in [-0.2, -0.15) is 0 Å². The Morgan fingerprint density at radius 3 is 1.94 bits per heavy atom. The Morgan fingerprint density at radius 2 is 1.62 bits per heavy atom. The van der Waals surface area contributed by atoms with Crippen LogP contribution in [0.5, 0.6) is 0 Å². The van der Waals surface area contributed by atoms with Gasteiger partial charge < -0.3 is 4.43 Å². The smallest absolute Gasteiger partial charge is 0.192 e. The molecule has 0 rings (SSSR count). The van der Waals surface area contributed by atoms with Gasteiger partial charge in [-0.1, -0.05) is 33.8 Å². The standard InChI is InChI=1S/C12H24Br2OSi/c1-9(8-11(13)14)10(2)15-16(6,7)12(3,4)5/h8-10H,1-7H3/t9?,10-/m0/s1. The van der Waals surface area contributed by atoms with Crippen LogP contribution in [0.3, 0.4) is 0 Å². The summed E-state index contributed by atoms with van der Waals surface area (Å²) in [6.45, 7) is 15.7. The van der Waals surface area contributed by atoms with Gasteiger partial charge in [-0.25, -0.2) is 0 Å². The largest absolute Gasteiger partial charge is 0.414 e. The molecule has 0 aromatic rings. The average molecular weight is 372 g/mol. The zero-order valence-electron chi connectivity index (χ0n) is 11.4. The molecule has 4 heteroatoms. The Balaban J connectivity index is 4.57. The lowest BCUT2D eigenvalue weighted by Crippen LogP contribution is -2.44. The summed E-state index contributed by atoms with van der Waals surface area (Å²) in [5.74, 6) is 0.405. The molecule has 0 saturated heterocycles. The predicted octanol–water partition coefficient (Wildman–Crippen LogP) is 5.66. The molecule has 16 heavy (non-hydrogen) atoms. The van der Waals surface area contributed by atoms with E-state index in [1.165, 1.54) is 0 Å². The van der Waals surface area contributed by atoms with Crippen LogP contribution in [0.25, 0.3) is 0 Å². The van der Waals surface area contributed by atoms with Crippen molar-refractivity contribution in [1.82, 2.24) is 0 Å². The molecule has 0 spiro atoms. The van der Waals surface area contributed by atoms with Gasteiger partial charge in [0.15, 0.2) is 8.32 Å². The van der Waals surface area contributed by atoms with Gasteiger partial charge in [0.1, 0.15) is 0 Å². The monoisotopic (exact) mass is 370 g/mol. The molecule has 0 bridgehead atoms. The fourth-order valence-electron chi connectivity index (χ4n) is 1.08. The van der Waals surface area contributed by atoms with Crippen LogP contribution in [-0.2, 0) is 4.43 Å². The van der Waals surface area contributed by atoms with Crippen molar-refractivity contribution in [2.45, 2.75) is 58.9 Å². The van der Waals surface area contributed by atoms with Crippen molar-refractivity contribution in [2.24, 2.45) is 5.92 Å². The van der Waals surface area contributed by atoms with Gasteiger partial charge in [0.25, 0.3) is 0 Å². The summed E-state index contributed by atoms with van der Waals surface area (Å²) in [5.41, 5.74) is 0. The highest BCUT2D eigenvalue weighted by Crippen LogP contribution is 2.38. The summed E-state index contributed by atoms with van der Waals surface area (Å²) >= 11 is 6.79. The first-order valence-corrected chi connectivity index (χ1v) is 10.2. The quantitative estimate of drug-likeness (QED) is 0.579. The molecule has 0 aromatic heterocycles. The van der Waals surface area contributed by atoms with Gasteiger partial charge >= 0.3 is 0 Å². The second-order valence-electron chi connectivity index (χ2n) is 5.90. The van der Waals surface area contributed by atoms with E-state index < -0.39 is 8.32 Å². The van der Waals surface area contributed by atoms with Crippen molar-refractivity contribution >= 4 is 40.2 Å². The minimum absolute atomic E-state index is 0.256. The summed E-state index contributed by atoms with van der Waals surface area (Å²) in [4.78, 5) is 0. The number of hydrogen-bond donors (Lipinski definition) is 0. The molecule has 0 amide bonds. The van der Waals surface area contributed by atoms with Crippen LogP contribution < -0.4 is 0 Å². The molecule has 0 fully saturated rings. The first kappa shape index (κ1) is 16.9. The van der Waals surface area contributed by atoms with Crippen molar-refractivity contribution in [3.05, 3.63) is 9.47 Å². The van der Waals surface area contributed by atoms with Crippen molar-refractivity contribution in [3.8, 4) is 0 Å². The SMILES string of the molecule is CC(C=C(Br)Br)[C@H](C)O[Si](C)(C)C(C)(C)C. The van der Waals surface area contributed by atoms with E-state index in [0.29, 0.717) is 5.92 Å². The van der Waals surface area contributed by atoms with E-state index in [4.69, 9.17) is 4.43 Å². The summed E-state index contributed by atoms with van der Waals surface area (Å²) in [7, 11) is -1.64. The first-order chi connectivity index (χ1) is 6.97. The van der Waals surface area contributed by atoms with Crippen LogP contribution in [-0.4, -0.2) is 14.4 Å². The highest BCUT2D eigenvalue weighted by atomic mass is 79.9. The lowest BCUT2D eigenvalue weighted by molar-refractivity contribution is 0.164. The van der Waals surface area contributed by atoms with Crippen LogP contribution >= 0.6 is 31.9 Å². The second kappa shape index (κ2) is 6.16. The fourth-order valence-corrected chi connectivity index (χ4v) is 3.41. The third-order valence-electron chi connectivity index (χ3n) is 3.42. The van der Waals surface area contributed by atoms with Crippen LogP contribution in [0.15, 0.2) is 9.47 Å².